The van der Waals surface area contributed by atoms with Crippen molar-refractivity contribution >= 4 is 0 Å². The van der Waals surface area contributed by atoms with E-state index in [4.69, 9.17) is 9.47 Å². The van der Waals surface area contributed by atoms with Crippen molar-refractivity contribution in [1.29, 1.82) is 0 Å². The predicted octanol–water partition coefficient (Wildman–Crippen LogP) is 6.74. The first kappa shape index (κ1) is 19.4. The van der Waals surface area contributed by atoms with E-state index in [-0.39, 0.29) is 5.79 Å². The molecule has 4 aliphatic carbocycles. The fourth-order valence-electron chi connectivity index (χ4n) is 10.0. The summed E-state index contributed by atoms with van der Waals surface area (Å²) in [4.78, 5) is 0. The summed E-state index contributed by atoms with van der Waals surface area (Å²) in [6.07, 6.45) is 17.0. The minimum atomic E-state index is -0.327. The molecular weight excluding hydrogens is 356 g/mol. The van der Waals surface area contributed by atoms with Crippen LogP contribution in [-0.2, 0) is 9.47 Å². The fourth-order valence-corrected chi connectivity index (χ4v) is 10.0. The average Bonchev–Trinajstić information content (AvgIpc) is 3.15. The zero-order chi connectivity index (χ0) is 20.0. The van der Waals surface area contributed by atoms with Crippen LogP contribution in [0.3, 0.4) is 0 Å². The van der Waals surface area contributed by atoms with Gasteiger partial charge in [0.15, 0.2) is 5.79 Å². The molecule has 6 rings (SSSR count). The Labute approximate surface area is 178 Å². The van der Waals surface area contributed by atoms with Crippen LogP contribution in [0.2, 0.25) is 0 Å². The van der Waals surface area contributed by atoms with Crippen molar-refractivity contribution in [3.8, 4) is 0 Å². The van der Waals surface area contributed by atoms with E-state index in [1.54, 1.807) is 0 Å². The van der Waals surface area contributed by atoms with Crippen LogP contribution in [0.1, 0.15) is 91.9 Å². The van der Waals surface area contributed by atoms with E-state index in [2.05, 4.69) is 33.8 Å². The van der Waals surface area contributed by atoms with Crippen LogP contribution in [0.5, 0.6) is 0 Å². The number of hydrogen-bond acceptors (Lipinski definition) is 2. The highest BCUT2D eigenvalue weighted by molar-refractivity contribution is 5.17. The van der Waals surface area contributed by atoms with Gasteiger partial charge in [-0.15, -0.1) is 0 Å². The molecule has 0 amide bonds. The van der Waals surface area contributed by atoms with Crippen LogP contribution in [0.25, 0.3) is 0 Å². The van der Waals surface area contributed by atoms with E-state index in [0.717, 1.165) is 36.7 Å². The lowest BCUT2D eigenvalue weighted by molar-refractivity contribution is -0.246. The van der Waals surface area contributed by atoms with Gasteiger partial charge >= 0.3 is 0 Å². The Morgan fingerprint density at radius 3 is 2.62 bits per heavy atom. The van der Waals surface area contributed by atoms with Crippen molar-refractivity contribution in [2.24, 2.45) is 46.3 Å². The third kappa shape index (κ3) is 2.48. The van der Waals surface area contributed by atoms with Gasteiger partial charge in [0, 0.05) is 12.3 Å². The summed E-state index contributed by atoms with van der Waals surface area (Å²) in [5, 5.41) is 0. The van der Waals surface area contributed by atoms with Crippen LogP contribution in [0, 0.1) is 46.3 Å². The van der Waals surface area contributed by atoms with Crippen molar-refractivity contribution in [2.75, 3.05) is 6.61 Å². The van der Waals surface area contributed by atoms with Gasteiger partial charge in [-0.05, 0) is 92.3 Å². The average molecular weight is 399 g/mol. The monoisotopic (exact) mass is 398 g/mol. The van der Waals surface area contributed by atoms with Gasteiger partial charge in [0.2, 0.25) is 0 Å². The van der Waals surface area contributed by atoms with Crippen LogP contribution in [0.4, 0.5) is 0 Å². The van der Waals surface area contributed by atoms with E-state index >= 15 is 0 Å². The second kappa shape index (κ2) is 6.35. The van der Waals surface area contributed by atoms with E-state index in [9.17, 15) is 0 Å². The second-order valence-corrected chi connectivity index (χ2v) is 12.5. The molecule has 1 spiro atoms. The Bertz CT molecular complexity index is 713. The van der Waals surface area contributed by atoms with E-state index < -0.39 is 0 Å². The summed E-state index contributed by atoms with van der Waals surface area (Å²) < 4.78 is 13.3. The number of fused-ring (bicyclic) bond motifs is 7. The van der Waals surface area contributed by atoms with Crippen LogP contribution in [0.15, 0.2) is 11.6 Å². The minimum absolute atomic E-state index is 0.327. The summed E-state index contributed by atoms with van der Waals surface area (Å²) >= 11 is 0. The predicted molar refractivity (Wildman–Crippen MR) is 116 cm³/mol. The molecule has 0 radical (unpaired) electrons. The molecule has 162 valence electrons. The molecular formula is C27H42O2. The molecule has 0 aromatic rings. The molecule has 29 heavy (non-hydrogen) atoms. The van der Waals surface area contributed by atoms with Crippen molar-refractivity contribution in [3.63, 3.8) is 0 Å². The van der Waals surface area contributed by atoms with Crippen molar-refractivity contribution in [2.45, 2.75) is 104 Å². The van der Waals surface area contributed by atoms with Gasteiger partial charge in [-0.25, -0.2) is 0 Å². The highest BCUT2D eigenvalue weighted by Gasteiger charge is 2.68. The maximum atomic E-state index is 6.88. The van der Waals surface area contributed by atoms with E-state index in [1.807, 2.05) is 0 Å². The highest BCUT2D eigenvalue weighted by atomic mass is 16.7. The standard InChI is InChI=1S/C27H42O2/c1-17-10-14-27(28-16-17)18(2)24-23(29-27)15-22-20-9-8-19-7-5-6-12-25(19,3)21(20)11-13-26(22,24)4/h10,18-24H,5-9,11-16H2,1-4H3. The third-order valence-electron chi connectivity index (χ3n) is 11.5. The lowest BCUT2D eigenvalue weighted by Gasteiger charge is -2.61. The van der Waals surface area contributed by atoms with Crippen molar-refractivity contribution in [1.82, 2.24) is 0 Å². The summed E-state index contributed by atoms with van der Waals surface area (Å²) in [5.74, 6) is 4.73. The maximum Gasteiger partial charge on any atom is 0.175 e. The number of rotatable bonds is 0. The zero-order valence-electron chi connectivity index (χ0n) is 19.2. The molecule has 2 heterocycles. The molecule has 6 aliphatic rings. The molecule has 2 aliphatic heterocycles. The summed E-state index contributed by atoms with van der Waals surface area (Å²) in [6, 6.07) is 0. The van der Waals surface area contributed by atoms with Gasteiger partial charge in [0.25, 0.3) is 0 Å². The molecule has 2 nitrogen and oxygen atoms in total. The third-order valence-corrected chi connectivity index (χ3v) is 11.5. The minimum Gasteiger partial charge on any atom is -0.346 e. The molecule has 1 saturated heterocycles. The van der Waals surface area contributed by atoms with E-state index in [1.165, 1.54) is 63.4 Å². The second-order valence-electron chi connectivity index (χ2n) is 12.5. The van der Waals surface area contributed by atoms with E-state index in [0.29, 0.717) is 28.8 Å². The normalized spacial score (nSPS) is 58.9. The van der Waals surface area contributed by atoms with Crippen molar-refractivity contribution < 1.29 is 9.47 Å². The van der Waals surface area contributed by atoms with Crippen LogP contribution >= 0.6 is 0 Å². The SMILES string of the molecule is CC1=CCC2(OC1)OC1CC3C4CCC5CCCCC5(C)C4CCC3(C)C1C2C. The molecule has 0 bridgehead atoms. The van der Waals surface area contributed by atoms with Crippen molar-refractivity contribution in [3.05, 3.63) is 11.6 Å². The first-order valence-electron chi connectivity index (χ1n) is 12.8. The fraction of sp³-hybridized carbons (Fsp3) is 0.926. The lowest BCUT2D eigenvalue weighted by Crippen LogP contribution is -2.54. The van der Waals surface area contributed by atoms with Gasteiger partial charge in [-0.1, -0.05) is 45.3 Å². The molecule has 0 aromatic carbocycles. The zero-order valence-corrected chi connectivity index (χ0v) is 19.2. The van der Waals surface area contributed by atoms with Gasteiger partial charge in [-0.3, -0.25) is 0 Å². The van der Waals surface area contributed by atoms with Gasteiger partial charge < -0.3 is 9.47 Å². The Morgan fingerprint density at radius 1 is 0.966 bits per heavy atom. The summed E-state index contributed by atoms with van der Waals surface area (Å²) in [5.41, 5.74) is 2.47. The van der Waals surface area contributed by atoms with Crippen LogP contribution < -0.4 is 0 Å². The van der Waals surface area contributed by atoms with Gasteiger partial charge in [0.1, 0.15) is 0 Å². The Hall–Kier alpha value is -0.340. The molecule has 0 aromatic heterocycles. The van der Waals surface area contributed by atoms with Gasteiger partial charge in [-0.2, -0.15) is 0 Å². The summed E-state index contributed by atoms with van der Waals surface area (Å²) in [6.45, 7) is 10.8. The highest BCUT2D eigenvalue weighted by Crippen LogP contribution is 2.71. The maximum absolute atomic E-state index is 6.88. The number of hydrogen-bond donors (Lipinski definition) is 0. The smallest absolute Gasteiger partial charge is 0.175 e. The Kier molecular flexibility index (Phi) is 4.23. The molecule has 4 saturated carbocycles. The molecule has 10 unspecified atom stereocenters. The Balaban J connectivity index is 1.28. The molecule has 0 N–H and O–H groups in total. The summed E-state index contributed by atoms with van der Waals surface area (Å²) in [7, 11) is 0. The molecule has 5 fully saturated rings. The molecule has 2 heteroatoms. The molecule has 10 atom stereocenters. The topological polar surface area (TPSA) is 18.5 Å². The largest absolute Gasteiger partial charge is 0.346 e. The Morgan fingerprint density at radius 2 is 1.83 bits per heavy atom. The lowest BCUT2D eigenvalue weighted by atomic mass is 9.44. The van der Waals surface area contributed by atoms with Gasteiger partial charge in [0.05, 0.1) is 12.7 Å². The first-order chi connectivity index (χ1) is 13.9. The quantitative estimate of drug-likeness (QED) is 0.420. The first-order valence-corrected chi connectivity index (χ1v) is 12.8. The van der Waals surface area contributed by atoms with Crippen LogP contribution in [-0.4, -0.2) is 18.5 Å². The number of ether oxygens (including phenoxy) is 2.